The number of aryl methyl sites for hydroxylation is 1. The van der Waals surface area contributed by atoms with Crippen molar-refractivity contribution in [3.8, 4) is 0 Å². The van der Waals surface area contributed by atoms with Gasteiger partial charge in [0.2, 0.25) is 5.91 Å². The third-order valence-electron chi connectivity index (χ3n) is 4.67. The summed E-state index contributed by atoms with van der Waals surface area (Å²) in [6.45, 7) is 3.56. The first-order valence-electron chi connectivity index (χ1n) is 9.88. The number of rotatable bonds is 8. The summed E-state index contributed by atoms with van der Waals surface area (Å²) in [7, 11) is 0. The van der Waals surface area contributed by atoms with Gasteiger partial charge in [0.15, 0.2) is 6.10 Å². The first-order valence-corrected chi connectivity index (χ1v) is 11.0. The highest BCUT2D eigenvalue weighted by atomic mass is 32.2. The average Bonchev–Trinajstić information content (AvgIpc) is 2.92. The van der Waals surface area contributed by atoms with Gasteiger partial charge in [0.1, 0.15) is 0 Å². The van der Waals surface area contributed by atoms with Gasteiger partial charge < -0.3 is 15.4 Å². The molecule has 2 N–H and O–H groups in total. The minimum Gasteiger partial charge on any atom is -0.452 e. The molecule has 0 spiro atoms. The highest BCUT2D eigenvalue weighted by Crippen LogP contribution is 2.17. The van der Waals surface area contributed by atoms with Crippen LogP contribution in [0, 0.1) is 6.92 Å². The number of nitrogens with one attached hydrogen (secondary N) is 2. The third-order valence-corrected chi connectivity index (χ3v) is 5.57. The molecule has 154 valence electrons. The second kappa shape index (κ2) is 11.7. The van der Waals surface area contributed by atoms with Crippen LogP contribution in [0.3, 0.4) is 0 Å². The first kappa shape index (κ1) is 22.3. The molecule has 0 saturated heterocycles. The lowest BCUT2D eigenvalue weighted by molar-refractivity contribution is -0.152. The van der Waals surface area contributed by atoms with E-state index in [-0.39, 0.29) is 29.4 Å². The second-order valence-corrected chi connectivity index (χ2v) is 8.22. The number of amides is 2. The molecule has 0 heterocycles. The zero-order chi connectivity index (χ0) is 20.4. The van der Waals surface area contributed by atoms with E-state index in [1.54, 1.807) is 6.92 Å². The Morgan fingerprint density at radius 1 is 1.07 bits per heavy atom. The summed E-state index contributed by atoms with van der Waals surface area (Å²) < 4.78 is 5.19. The number of carbonyl (C=O) groups is 3. The van der Waals surface area contributed by atoms with E-state index in [4.69, 9.17) is 4.74 Å². The standard InChI is InChI=1S/C21H30N2O4S/c1-15-9-11-18(12-10-15)22-19(24)13-28-14-20(25)27-16(2)21(26)23-17-7-5-3-4-6-8-17/h9-12,16-17H,3-8,13-14H2,1-2H3,(H,22,24)(H,23,26)/t16-/m0/s1. The number of anilines is 1. The van der Waals surface area contributed by atoms with Gasteiger partial charge in [-0.05, 0) is 38.8 Å². The van der Waals surface area contributed by atoms with E-state index < -0.39 is 12.1 Å². The SMILES string of the molecule is Cc1ccc(NC(=O)CSCC(=O)O[C@@H](C)C(=O)NC2CCCCCC2)cc1. The van der Waals surface area contributed by atoms with Crippen LogP contribution < -0.4 is 10.6 Å². The van der Waals surface area contributed by atoms with E-state index in [2.05, 4.69) is 10.6 Å². The molecule has 6 nitrogen and oxygen atoms in total. The van der Waals surface area contributed by atoms with E-state index in [1.807, 2.05) is 31.2 Å². The number of hydrogen-bond donors (Lipinski definition) is 2. The van der Waals surface area contributed by atoms with Crippen molar-refractivity contribution in [2.45, 2.75) is 64.5 Å². The van der Waals surface area contributed by atoms with Gasteiger partial charge >= 0.3 is 5.97 Å². The largest absolute Gasteiger partial charge is 0.452 e. The number of ether oxygens (including phenoxy) is 1. The molecule has 1 aromatic rings. The summed E-state index contributed by atoms with van der Waals surface area (Å²) in [4.78, 5) is 36.0. The molecular weight excluding hydrogens is 376 g/mol. The van der Waals surface area contributed by atoms with E-state index in [0.717, 1.165) is 36.9 Å². The maximum Gasteiger partial charge on any atom is 0.316 e. The topological polar surface area (TPSA) is 84.5 Å². The van der Waals surface area contributed by atoms with Crippen LogP contribution in [-0.4, -0.2) is 41.4 Å². The Hall–Kier alpha value is -2.02. The number of benzene rings is 1. The van der Waals surface area contributed by atoms with Crippen molar-refractivity contribution >= 4 is 35.2 Å². The maximum absolute atomic E-state index is 12.2. The molecule has 0 radical (unpaired) electrons. The Kier molecular flexibility index (Phi) is 9.34. The van der Waals surface area contributed by atoms with Gasteiger partial charge in [-0.15, -0.1) is 11.8 Å². The first-order chi connectivity index (χ1) is 13.4. The van der Waals surface area contributed by atoms with Crippen LogP contribution in [-0.2, 0) is 19.1 Å². The van der Waals surface area contributed by atoms with Gasteiger partial charge in [0, 0.05) is 11.7 Å². The van der Waals surface area contributed by atoms with Crippen LogP contribution in [0.25, 0.3) is 0 Å². The van der Waals surface area contributed by atoms with Crippen molar-refractivity contribution < 1.29 is 19.1 Å². The fraction of sp³-hybridized carbons (Fsp3) is 0.571. The Morgan fingerprint density at radius 2 is 1.71 bits per heavy atom. The molecule has 28 heavy (non-hydrogen) atoms. The zero-order valence-electron chi connectivity index (χ0n) is 16.7. The minimum absolute atomic E-state index is 0.0301. The van der Waals surface area contributed by atoms with Gasteiger partial charge in [-0.25, -0.2) is 0 Å². The van der Waals surface area contributed by atoms with Crippen molar-refractivity contribution in [1.29, 1.82) is 0 Å². The summed E-state index contributed by atoms with van der Waals surface area (Å²) in [5, 5.41) is 5.76. The highest BCUT2D eigenvalue weighted by molar-refractivity contribution is 8.00. The molecule has 1 atom stereocenters. The Bertz CT molecular complexity index is 655. The quantitative estimate of drug-likeness (QED) is 0.510. The number of thioether (sulfide) groups is 1. The predicted molar refractivity (Wildman–Crippen MR) is 112 cm³/mol. The summed E-state index contributed by atoms with van der Waals surface area (Å²) in [6, 6.07) is 7.68. The van der Waals surface area contributed by atoms with E-state index in [9.17, 15) is 14.4 Å². The van der Waals surface area contributed by atoms with Crippen LogP contribution in [0.1, 0.15) is 51.0 Å². The van der Waals surface area contributed by atoms with Gasteiger partial charge in [-0.3, -0.25) is 14.4 Å². The molecule has 0 aromatic heterocycles. The van der Waals surface area contributed by atoms with E-state index in [1.165, 1.54) is 24.6 Å². The highest BCUT2D eigenvalue weighted by Gasteiger charge is 2.21. The lowest BCUT2D eigenvalue weighted by Gasteiger charge is -2.19. The summed E-state index contributed by atoms with van der Waals surface area (Å²) in [5.41, 5.74) is 1.84. The Morgan fingerprint density at radius 3 is 2.36 bits per heavy atom. The molecule has 2 amide bonds. The summed E-state index contributed by atoms with van der Waals surface area (Å²) >= 11 is 1.17. The molecule has 1 fully saturated rings. The van der Waals surface area contributed by atoms with Crippen LogP contribution in [0.15, 0.2) is 24.3 Å². The van der Waals surface area contributed by atoms with Crippen molar-refractivity contribution in [2.24, 2.45) is 0 Å². The summed E-state index contributed by atoms with van der Waals surface area (Å²) in [5.74, 6) is -0.742. The van der Waals surface area contributed by atoms with Crippen LogP contribution in [0.2, 0.25) is 0 Å². The minimum atomic E-state index is -0.822. The fourth-order valence-electron chi connectivity index (χ4n) is 3.09. The lowest BCUT2D eigenvalue weighted by Crippen LogP contribution is -2.42. The normalized spacial score (nSPS) is 15.9. The van der Waals surface area contributed by atoms with Crippen molar-refractivity contribution in [2.75, 3.05) is 16.8 Å². The van der Waals surface area contributed by atoms with Crippen LogP contribution >= 0.6 is 11.8 Å². The van der Waals surface area contributed by atoms with Gasteiger partial charge in [-0.2, -0.15) is 0 Å². The molecular formula is C21H30N2O4S. The lowest BCUT2D eigenvalue weighted by atomic mass is 10.1. The maximum atomic E-state index is 12.2. The number of hydrogen-bond acceptors (Lipinski definition) is 5. The van der Waals surface area contributed by atoms with Crippen molar-refractivity contribution in [3.63, 3.8) is 0 Å². The van der Waals surface area contributed by atoms with Gasteiger partial charge in [-0.1, -0.05) is 43.4 Å². The summed E-state index contributed by atoms with van der Waals surface area (Å²) in [6.07, 6.45) is 5.83. The van der Waals surface area contributed by atoms with Crippen LogP contribution in [0.4, 0.5) is 5.69 Å². The molecule has 1 aliphatic rings. The van der Waals surface area contributed by atoms with E-state index in [0.29, 0.717) is 0 Å². The molecule has 1 aliphatic carbocycles. The Labute approximate surface area is 171 Å². The molecule has 7 heteroatoms. The average molecular weight is 407 g/mol. The molecule has 0 bridgehead atoms. The van der Waals surface area contributed by atoms with Crippen molar-refractivity contribution in [3.05, 3.63) is 29.8 Å². The Balaban J connectivity index is 1.63. The fourth-order valence-corrected chi connectivity index (χ4v) is 3.68. The number of carbonyl (C=O) groups excluding carboxylic acids is 3. The molecule has 0 aliphatic heterocycles. The number of esters is 1. The molecule has 1 aromatic carbocycles. The molecule has 2 rings (SSSR count). The van der Waals surface area contributed by atoms with Gasteiger partial charge in [0.05, 0.1) is 11.5 Å². The second-order valence-electron chi connectivity index (χ2n) is 7.24. The predicted octanol–water partition coefficient (Wildman–Crippen LogP) is 3.44. The molecule has 0 unspecified atom stereocenters. The van der Waals surface area contributed by atoms with Gasteiger partial charge in [0.25, 0.3) is 5.91 Å². The van der Waals surface area contributed by atoms with E-state index >= 15 is 0 Å². The molecule has 1 saturated carbocycles. The zero-order valence-corrected chi connectivity index (χ0v) is 17.5. The third kappa shape index (κ3) is 8.33. The smallest absolute Gasteiger partial charge is 0.316 e. The monoisotopic (exact) mass is 406 g/mol. The van der Waals surface area contributed by atoms with Crippen LogP contribution in [0.5, 0.6) is 0 Å². The van der Waals surface area contributed by atoms with Crippen molar-refractivity contribution in [1.82, 2.24) is 5.32 Å².